The van der Waals surface area contributed by atoms with E-state index in [1.165, 1.54) is 6.20 Å². The van der Waals surface area contributed by atoms with Crippen LogP contribution in [0, 0.1) is 0 Å². The molecule has 0 aliphatic heterocycles. The van der Waals surface area contributed by atoms with E-state index in [2.05, 4.69) is 10.1 Å². The fourth-order valence-corrected chi connectivity index (χ4v) is 1.85. The van der Waals surface area contributed by atoms with Crippen molar-refractivity contribution < 1.29 is 4.79 Å². The third kappa shape index (κ3) is 2.50. The Morgan fingerprint density at radius 1 is 1.37 bits per heavy atom. The molecule has 0 bridgehead atoms. The molecule has 0 radical (unpaired) electrons. The first-order valence-electron chi connectivity index (χ1n) is 6.24. The molecular weight excluding hydrogens is 240 g/mol. The van der Waals surface area contributed by atoms with Gasteiger partial charge in [-0.15, -0.1) is 0 Å². The number of aromatic nitrogens is 3. The summed E-state index contributed by atoms with van der Waals surface area (Å²) in [5.41, 5.74) is 6.78. The number of ketones is 1. The van der Waals surface area contributed by atoms with Crippen LogP contribution < -0.4 is 5.73 Å². The Morgan fingerprint density at radius 3 is 2.63 bits per heavy atom. The van der Waals surface area contributed by atoms with Gasteiger partial charge in [0.1, 0.15) is 5.69 Å². The summed E-state index contributed by atoms with van der Waals surface area (Å²) >= 11 is 0. The summed E-state index contributed by atoms with van der Waals surface area (Å²) < 4.78 is 1.81. The number of carbonyl (C=O) groups is 1. The van der Waals surface area contributed by atoms with Gasteiger partial charge < -0.3 is 5.73 Å². The van der Waals surface area contributed by atoms with Gasteiger partial charge in [-0.25, -0.2) is 0 Å². The lowest BCUT2D eigenvalue weighted by Crippen LogP contribution is -2.29. The molecule has 2 N–H and O–H groups in total. The number of aryl methyl sites for hydroxylation is 1. The highest BCUT2D eigenvalue weighted by Crippen LogP contribution is 2.26. The Kier molecular flexibility index (Phi) is 3.38. The molecule has 0 atom stereocenters. The Bertz CT molecular complexity index is 584. The fourth-order valence-electron chi connectivity index (χ4n) is 1.85. The van der Waals surface area contributed by atoms with Crippen LogP contribution in [0.15, 0.2) is 30.7 Å². The number of nitrogen functional groups attached to an aromatic ring is 1. The van der Waals surface area contributed by atoms with Crippen molar-refractivity contribution in [3.63, 3.8) is 0 Å². The summed E-state index contributed by atoms with van der Waals surface area (Å²) in [6, 6.07) is 3.34. The van der Waals surface area contributed by atoms with Crippen molar-refractivity contribution in [2.24, 2.45) is 0 Å². The lowest BCUT2D eigenvalue weighted by Gasteiger charge is -2.21. The van der Waals surface area contributed by atoms with Gasteiger partial charge in [-0.3, -0.25) is 14.5 Å². The molecular formula is C14H18N4O. The van der Waals surface area contributed by atoms with Crippen LogP contribution in [-0.4, -0.2) is 20.5 Å². The molecule has 2 aromatic heterocycles. The standard InChI is InChI=1S/C14H18N4O/c1-4-18-9-10(7-17-18)14(2,3)13(19)12-6-5-11(15)8-16-12/h5-9H,4,15H2,1-3H3. The van der Waals surface area contributed by atoms with E-state index in [1.54, 1.807) is 23.0 Å². The van der Waals surface area contributed by atoms with Crippen LogP contribution in [0.5, 0.6) is 0 Å². The van der Waals surface area contributed by atoms with Crippen molar-refractivity contribution in [3.8, 4) is 0 Å². The third-order valence-electron chi connectivity index (χ3n) is 3.27. The second-order valence-corrected chi connectivity index (χ2v) is 5.02. The highest BCUT2D eigenvalue weighted by atomic mass is 16.1. The second-order valence-electron chi connectivity index (χ2n) is 5.02. The molecule has 2 aromatic rings. The topological polar surface area (TPSA) is 73.8 Å². The maximum Gasteiger partial charge on any atom is 0.191 e. The summed E-state index contributed by atoms with van der Waals surface area (Å²) in [5, 5.41) is 4.22. The molecule has 100 valence electrons. The van der Waals surface area contributed by atoms with Gasteiger partial charge in [0.25, 0.3) is 0 Å². The summed E-state index contributed by atoms with van der Waals surface area (Å²) in [5.74, 6) is -0.0387. The number of pyridine rings is 1. The van der Waals surface area contributed by atoms with E-state index in [9.17, 15) is 4.79 Å². The summed E-state index contributed by atoms with van der Waals surface area (Å²) in [6.45, 7) is 6.55. The van der Waals surface area contributed by atoms with Gasteiger partial charge in [-0.1, -0.05) is 0 Å². The Hall–Kier alpha value is -2.17. The maximum absolute atomic E-state index is 12.5. The molecule has 0 aromatic carbocycles. The van der Waals surface area contributed by atoms with Gasteiger partial charge in [0.05, 0.1) is 23.5 Å². The van der Waals surface area contributed by atoms with Crippen molar-refractivity contribution in [1.29, 1.82) is 0 Å². The zero-order valence-electron chi connectivity index (χ0n) is 11.4. The van der Waals surface area contributed by atoms with Crippen molar-refractivity contribution in [1.82, 2.24) is 14.8 Å². The number of nitrogens with zero attached hydrogens (tertiary/aromatic N) is 3. The van der Waals surface area contributed by atoms with Gasteiger partial charge in [-0.05, 0) is 32.9 Å². The maximum atomic E-state index is 12.5. The van der Waals surface area contributed by atoms with E-state index in [-0.39, 0.29) is 5.78 Å². The van der Waals surface area contributed by atoms with Gasteiger partial charge >= 0.3 is 0 Å². The molecule has 0 saturated heterocycles. The monoisotopic (exact) mass is 258 g/mol. The van der Waals surface area contributed by atoms with Crippen LogP contribution >= 0.6 is 0 Å². The van der Waals surface area contributed by atoms with Crippen molar-refractivity contribution in [2.45, 2.75) is 32.7 Å². The molecule has 0 amide bonds. The van der Waals surface area contributed by atoms with Crippen molar-refractivity contribution in [2.75, 3.05) is 5.73 Å². The van der Waals surface area contributed by atoms with Gasteiger partial charge in [-0.2, -0.15) is 5.10 Å². The minimum atomic E-state index is -0.656. The molecule has 5 nitrogen and oxygen atoms in total. The van der Waals surface area contributed by atoms with E-state index >= 15 is 0 Å². The first-order chi connectivity index (χ1) is 8.95. The van der Waals surface area contributed by atoms with E-state index in [4.69, 9.17) is 5.73 Å². The molecule has 0 saturated carbocycles. The molecule has 0 aliphatic carbocycles. The lowest BCUT2D eigenvalue weighted by atomic mass is 9.81. The zero-order valence-corrected chi connectivity index (χ0v) is 11.4. The quantitative estimate of drug-likeness (QED) is 0.852. The highest BCUT2D eigenvalue weighted by molar-refractivity contribution is 6.02. The molecule has 0 unspecified atom stereocenters. The number of anilines is 1. The number of carbonyl (C=O) groups excluding carboxylic acids is 1. The lowest BCUT2D eigenvalue weighted by molar-refractivity contribution is 0.0903. The normalized spacial score (nSPS) is 11.5. The van der Waals surface area contributed by atoms with Crippen LogP contribution in [0.2, 0.25) is 0 Å². The average molecular weight is 258 g/mol. The van der Waals surface area contributed by atoms with Crippen LogP contribution in [0.4, 0.5) is 5.69 Å². The predicted octanol–water partition coefficient (Wildman–Crippen LogP) is 2.04. The van der Waals surface area contributed by atoms with Gasteiger partial charge in [0.2, 0.25) is 0 Å². The summed E-state index contributed by atoms with van der Waals surface area (Å²) in [6.07, 6.45) is 5.13. The molecule has 0 spiro atoms. The van der Waals surface area contributed by atoms with E-state index in [0.29, 0.717) is 11.4 Å². The van der Waals surface area contributed by atoms with E-state index in [1.807, 2.05) is 27.0 Å². The van der Waals surface area contributed by atoms with Crippen LogP contribution in [0.3, 0.4) is 0 Å². The molecule has 0 fully saturated rings. The minimum absolute atomic E-state index is 0.0387. The average Bonchev–Trinajstić information content (AvgIpc) is 2.88. The zero-order chi connectivity index (χ0) is 14.0. The van der Waals surface area contributed by atoms with E-state index in [0.717, 1.165) is 12.1 Å². The second kappa shape index (κ2) is 4.84. The molecule has 2 heterocycles. The fraction of sp³-hybridized carbons (Fsp3) is 0.357. The number of Topliss-reactive ketones (excluding diaryl/α,β-unsaturated/α-hetero) is 1. The largest absolute Gasteiger partial charge is 0.397 e. The summed E-state index contributed by atoms with van der Waals surface area (Å²) in [4.78, 5) is 16.6. The SMILES string of the molecule is CCn1cc(C(C)(C)C(=O)c2ccc(N)cn2)cn1. The highest BCUT2D eigenvalue weighted by Gasteiger charge is 2.32. The molecule has 2 rings (SSSR count). The van der Waals surface area contributed by atoms with Gasteiger partial charge in [0, 0.05) is 18.3 Å². The molecule has 0 aliphatic rings. The Balaban J connectivity index is 2.32. The molecule has 19 heavy (non-hydrogen) atoms. The smallest absolute Gasteiger partial charge is 0.191 e. The number of hydrogen-bond acceptors (Lipinski definition) is 4. The molecule has 5 heteroatoms. The first kappa shape index (κ1) is 13.3. The number of hydrogen-bond donors (Lipinski definition) is 1. The van der Waals surface area contributed by atoms with E-state index < -0.39 is 5.41 Å². The van der Waals surface area contributed by atoms with Crippen molar-refractivity contribution >= 4 is 11.5 Å². The van der Waals surface area contributed by atoms with Crippen LogP contribution in [-0.2, 0) is 12.0 Å². The third-order valence-corrected chi connectivity index (χ3v) is 3.27. The Labute approximate surface area is 112 Å². The first-order valence-corrected chi connectivity index (χ1v) is 6.24. The Morgan fingerprint density at radius 2 is 2.11 bits per heavy atom. The van der Waals surface area contributed by atoms with Crippen molar-refractivity contribution in [3.05, 3.63) is 42.0 Å². The summed E-state index contributed by atoms with van der Waals surface area (Å²) in [7, 11) is 0. The van der Waals surface area contributed by atoms with Crippen LogP contribution in [0.25, 0.3) is 0 Å². The van der Waals surface area contributed by atoms with Crippen LogP contribution in [0.1, 0.15) is 36.8 Å². The predicted molar refractivity (Wildman–Crippen MR) is 73.9 cm³/mol. The van der Waals surface area contributed by atoms with Gasteiger partial charge in [0.15, 0.2) is 5.78 Å². The number of rotatable bonds is 4. The number of nitrogens with two attached hydrogens (primary N) is 1. The minimum Gasteiger partial charge on any atom is -0.397 e.